The van der Waals surface area contributed by atoms with E-state index in [4.69, 9.17) is 0 Å². The third-order valence-corrected chi connectivity index (χ3v) is 2.86. The maximum Gasteiger partial charge on any atom is 0.273 e. The predicted molar refractivity (Wildman–Crippen MR) is 55.8 cm³/mol. The number of hydrogen-bond donors (Lipinski definition) is 0. The van der Waals surface area contributed by atoms with Gasteiger partial charge in [0.05, 0.1) is 5.57 Å². The van der Waals surface area contributed by atoms with Crippen molar-refractivity contribution in [3.8, 4) is 0 Å². The van der Waals surface area contributed by atoms with Gasteiger partial charge in [-0.05, 0) is 0 Å². The number of ketones is 1. The van der Waals surface area contributed by atoms with E-state index in [0.717, 1.165) is 6.08 Å². The van der Waals surface area contributed by atoms with Gasteiger partial charge in [-0.2, -0.15) is 0 Å². The molecular formula is C12H15F3O. The molecule has 0 bridgehead atoms. The molecule has 1 rings (SSSR count). The summed E-state index contributed by atoms with van der Waals surface area (Å²) in [6.45, 7) is 3.79. The van der Waals surface area contributed by atoms with Crippen molar-refractivity contribution in [3.63, 3.8) is 0 Å². The molecular weight excluding hydrogens is 217 g/mol. The first-order valence-electron chi connectivity index (χ1n) is 5.28. The Balaban J connectivity index is 3.03. The molecule has 2 unspecified atom stereocenters. The Morgan fingerprint density at radius 2 is 2.06 bits per heavy atom. The lowest BCUT2D eigenvalue weighted by Crippen LogP contribution is -2.26. The molecule has 4 heteroatoms. The van der Waals surface area contributed by atoms with Crippen LogP contribution in [0.4, 0.5) is 13.2 Å². The molecule has 90 valence electrons. The van der Waals surface area contributed by atoms with Crippen LogP contribution in [0.2, 0.25) is 0 Å². The largest absolute Gasteiger partial charge is 0.299 e. The van der Waals surface area contributed by atoms with E-state index in [1.54, 1.807) is 6.92 Å². The molecule has 0 fully saturated rings. The summed E-state index contributed by atoms with van der Waals surface area (Å²) in [5.41, 5.74) is -0.611. The minimum Gasteiger partial charge on any atom is -0.299 e. The van der Waals surface area contributed by atoms with Crippen LogP contribution in [0, 0.1) is 11.8 Å². The third-order valence-electron chi connectivity index (χ3n) is 2.86. The monoisotopic (exact) mass is 232 g/mol. The molecule has 0 N–H and O–H groups in total. The van der Waals surface area contributed by atoms with Crippen LogP contribution in [0.1, 0.15) is 27.2 Å². The number of halogens is 3. The van der Waals surface area contributed by atoms with Crippen LogP contribution in [0.25, 0.3) is 0 Å². The highest BCUT2D eigenvalue weighted by Crippen LogP contribution is 2.38. The second-order valence-electron chi connectivity index (χ2n) is 4.14. The first-order valence-corrected chi connectivity index (χ1v) is 5.28. The van der Waals surface area contributed by atoms with E-state index in [1.165, 1.54) is 13.0 Å². The van der Waals surface area contributed by atoms with Gasteiger partial charge in [-0.25, -0.2) is 13.2 Å². The van der Waals surface area contributed by atoms with Crippen LogP contribution < -0.4 is 0 Å². The second kappa shape index (κ2) is 4.44. The molecule has 0 radical (unpaired) electrons. The first kappa shape index (κ1) is 13.0. The quantitative estimate of drug-likeness (QED) is 0.725. The van der Waals surface area contributed by atoms with Gasteiger partial charge in [-0.3, -0.25) is 4.79 Å². The molecule has 0 aromatic carbocycles. The third kappa shape index (κ3) is 2.36. The highest BCUT2D eigenvalue weighted by molar-refractivity contribution is 5.83. The lowest BCUT2D eigenvalue weighted by atomic mass is 9.81. The van der Waals surface area contributed by atoms with Crippen molar-refractivity contribution in [2.24, 2.45) is 11.8 Å². The van der Waals surface area contributed by atoms with Gasteiger partial charge in [-0.1, -0.05) is 26.0 Å². The van der Waals surface area contributed by atoms with Crippen LogP contribution in [-0.4, -0.2) is 11.7 Å². The summed E-state index contributed by atoms with van der Waals surface area (Å²) in [6.07, 6.45) is 2.70. The van der Waals surface area contributed by atoms with Gasteiger partial charge in [0.15, 0.2) is 0 Å². The Labute approximate surface area is 93.0 Å². The summed E-state index contributed by atoms with van der Waals surface area (Å²) in [7, 11) is 0. The number of alkyl halides is 2. The summed E-state index contributed by atoms with van der Waals surface area (Å²) >= 11 is 0. The Morgan fingerprint density at radius 1 is 1.50 bits per heavy atom. The summed E-state index contributed by atoms with van der Waals surface area (Å²) in [6, 6.07) is 0. The standard InChI is InChI=1S/C12H15F3O/c1-4-10(16)8-5-6-9(12(3,14)15)11(13)7(8)2/h5-8H,4H2,1-3H3. The number of hydrogen-bond acceptors (Lipinski definition) is 1. The van der Waals surface area contributed by atoms with Gasteiger partial charge in [-0.15, -0.1) is 0 Å². The molecule has 0 aromatic rings. The molecule has 2 atom stereocenters. The zero-order valence-corrected chi connectivity index (χ0v) is 9.56. The Bertz CT molecular complexity index is 350. The van der Waals surface area contributed by atoms with Gasteiger partial charge >= 0.3 is 0 Å². The van der Waals surface area contributed by atoms with Gasteiger partial charge in [0.2, 0.25) is 0 Å². The molecule has 1 aliphatic carbocycles. The van der Waals surface area contributed by atoms with Crippen molar-refractivity contribution >= 4 is 5.78 Å². The molecule has 0 heterocycles. The summed E-state index contributed by atoms with van der Waals surface area (Å²) in [5, 5.41) is 0. The second-order valence-corrected chi connectivity index (χ2v) is 4.14. The van der Waals surface area contributed by atoms with Crippen molar-refractivity contribution in [2.45, 2.75) is 33.1 Å². The van der Waals surface area contributed by atoms with Crippen LogP contribution >= 0.6 is 0 Å². The molecule has 0 spiro atoms. The Morgan fingerprint density at radius 3 is 2.50 bits per heavy atom. The minimum atomic E-state index is -3.20. The predicted octanol–water partition coefficient (Wildman–Crippen LogP) is 3.67. The fourth-order valence-corrected chi connectivity index (χ4v) is 1.83. The molecule has 0 amide bonds. The molecule has 1 aliphatic rings. The van der Waals surface area contributed by atoms with E-state index in [1.807, 2.05) is 0 Å². The average Bonchev–Trinajstić information content (AvgIpc) is 2.19. The van der Waals surface area contributed by atoms with E-state index in [-0.39, 0.29) is 12.2 Å². The van der Waals surface area contributed by atoms with Crippen molar-refractivity contribution in [1.29, 1.82) is 0 Å². The van der Waals surface area contributed by atoms with E-state index in [2.05, 4.69) is 0 Å². The normalized spacial score (nSPS) is 26.1. The zero-order chi connectivity index (χ0) is 12.5. The lowest BCUT2D eigenvalue weighted by Gasteiger charge is -2.26. The van der Waals surface area contributed by atoms with Crippen molar-refractivity contribution in [2.75, 3.05) is 0 Å². The zero-order valence-electron chi connectivity index (χ0n) is 9.56. The fourth-order valence-electron chi connectivity index (χ4n) is 1.83. The summed E-state index contributed by atoms with van der Waals surface area (Å²) < 4.78 is 39.7. The summed E-state index contributed by atoms with van der Waals surface area (Å²) in [5.74, 6) is -5.61. The van der Waals surface area contributed by atoms with Crippen LogP contribution in [0.3, 0.4) is 0 Å². The van der Waals surface area contributed by atoms with E-state index in [9.17, 15) is 18.0 Å². The topological polar surface area (TPSA) is 17.1 Å². The van der Waals surface area contributed by atoms with E-state index in [0.29, 0.717) is 6.92 Å². The maximum absolute atomic E-state index is 13.7. The number of Topliss-reactive ketones (excluding diaryl/α,β-unsaturated/α-hetero) is 1. The number of carbonyl (C=O) groups is 1. The fraction of sp³-hybridized carbons (Fsp3) is 0.583. The van der Waals surface area contributed by atoms with E-state index >= 15 is 0 Å². The van der Waals surface area contributed by atoms with Gasteiger partial charge in [0.1, 0.15) is 11.6 Å². The van der Waals surface area contributed by atoms with Gasteiger partial charge in [0, 0.05) is 25.2 Å². The van der Waals surface area contributed by atoms with Crippen molar-refractivity contribution in [3.05, 3.63) is 23.6 Å². The van der Waals surface area contributed by atoms with Crippen molar-refractivity contribution < 1.29 is 18.0 Å². The maximum atomic E-state index is 13.7. The highest BCUT2D eigenvalue weighted by atomic mass is 19.3. The Kier molecular flexibility index (Phi) is 3.61. The molecule has 1 nitrogen and oxygen atoms in total. The summed E-state index contributed by atoms with van der Waals surface area (Å²) in [4.78, 5) is 11.5. The number of rotatable bonds is 3. The number of allylic oxidation sites excluding steroid dienone is 4. The lowest BCUT2D eigenvalue weighted by molar-refractivity contribution is -0.122. The SMILES string of the molecule is CCC(=O)C1C=CC(C(C)(F)F)=C(F)C1C. The minimum absolute atomic E-state index is 0.127. The smallest absolute Gasteiger partial charge is 0.273 e. The van der Waals surface area contributed by atoms with E-state index < -0.39 is 29.2 Å². The molecule has 0 aliphatic heterocycles. The van der Waals surface area contributed by atoms with Crippen LogP contribution in [0.5, 0.6) is 0 Å². The average molecular weight is 232 g/mol. The van der Waals surface area contributed by atoms with Crippen LogP contribution in [0.15, 0.2) is 23.6 Å². The molecule has 16 heavy (non-hydrogen) atoms. The van der Waals surface area contributed by atoms with Gasteiger partial charge < -0.3 is 0 Å². The molecule has 0 saturated heterocycles. The Hall–Kier alpha value is -1.06. The van der Waals surface area contributed by atoms with Crippen molar-refractivity contribution in [1.82, 2.24) is 0 Å². The number of carbonyl (C=O) groups excluding carboxylic acids is 1. The molecule has 0 aromatic heterocycles. The highest BCUT2D eigenvalue weighted by Gasteiger charge is 2.37. The molecule has 0 saturated carbocycles. The van der Waals surface area contributed by atoms with Gasteiger partial charge in [0.25, 0.3) is 5.92 Å². The van der Waals surface area contributed by atoms with Crippen LogP contribution in [-0.2, 0) is 4.79 Å². The first-order chi connectivity index (χ1) is 7.29.